The fourth-order valence-electron chi connectivity index (χ4n) is 0.995. The van der Waals surface area contributed by atoms with Gasteiger partial charge in [0, 0.05) is 35.2 Å². The van der Waals surface area contributed by atoms with E-state index in [9.17, 15) is 9.59 Å². The number of aromatic carboxylic acids is 1. The molecule has 0 aliphatic carbocycles. The van der Waals surface area contributed by atoms with Crippen molar-refractivity contribution in [1.29, 1.82) is 0 Å². The quantitative estimate of drug-likeness (QED) is 0.640. The molecule has 0 spiro atoms. The van der Waals surface area contributed by atoms with Crippen LogP contribution in [0.2, 0.25) is 0 Å². The molecule has 0 saturated carbocycles. The Bertz CT molecular complexity index is 367. The van der Waals surface area contributed by atoms with Crippen LogP contribution >= 0.6 is 0 Å². The standard InChI is InChI=1S/C9H9NO4.Na/c11-8(12)5-10-7-4-2-1-3-6(7)9(13)14;/h1-4,10H,5H2,(H,11,12)(H,13,14);. The van der Waals surface area contributed by atoms with Gasteiger partial charge in [-0.3, -0.25) is 4.79 Å². The zero-order valence-corrected chi connectivity index (χ0v) is 10.2. The second kappa shape index (κ2) is 6.44. The van der Waals surface area contributed by atoms with E-state index in [0.717, 1.165) is 0 Å². The molecule has 0 aromatic heterocycles. The Labute approximate surface area is 108 Å². The third-order valence-corrected chi connectivity index (χ3v) is 1.59. The summed E-state index contributed by atoms with van der Waals surface area (Å²) < 4.78 is 0. The van der Waals surface area contributed by atoms with Gasteiger partial charge in [-0.2, -0.15) is 0 Å². The normalized spacial score (nSPS) is 8.80. The maximum absolute atomic E-state index is 10.7. The number of para-hydroxylation sites is 1. The molecule has 1 rings (SSSR count). The topological polar surface area (TPSA) is 86.6 Å². The predicted molar refractivity (Wildman–Crippen MR) is 55.3 cm³/mol. The van der Waals surface area contributed by atoms with Gasteiger partial charge in [0.05, 0.1) is 5.56 Å². The number of carbonyl (C=O) groups is 2. The number of hydrogen-bond acceptors (Lipinski definition) is 3. The molecule has 0 bridgehead atoms. The Balaban J connectivity index is 0.00000196. The first-order valence-corrected chi connectivity index (χ1v) is 3.89. The molecule has 15 heavy (non-hydrogen) atoms. The first-order chi connectivity index (χ1) is 6.61. The van der Waals surface area contributed by atoms with Crippen molar-refractivity contribution in [3.63, 3.8) is 0 Å². The van der Waals surface area contributed by atoms with Crippen molar-refractivity contribution in [1.82, 2.24) is 0 Å². The van der Waals surface area contributed by atoms with Crippen molar-refractivity contribution in [3.8, 4) is 0 Å². The maximum atomic E-state index is 10.7. The van der Waals surface area contributed by atoms with Crippen LogP contribution in [0, 0.1) is 0 Å². The molecular weight excluding hydrogens is 209 g/mol. The molecule has 5 nitrogen and oxygen atoms in total. The first-order valence-electron chi connectivity index (χ1n) is 3.89. The van der Waals surface area contributed by atoms with E-state index < -0.39 is 11.9 Å². The number of hydrogen-bond donors (Lipinski definition) is 3. The van der Waals surface area contributed by atoms with Crippen LogP contribution in [0.15, 0.2) is 24.3 Å². The molecule has 3 N–H and O–H groups in total. The number of carboxylic acids is 2. The van der Waals surface area contributed by atoms with Gasteiger partial charge in [0.2, 0.25) is 0 Å². The van der Waals surface area contributed by atoms with Crippen molar-refractivity contribution < 1.29 is 19.8 Å². The minimum Gasteiger partial charge on any atom is -0.480 e. The van der Waals surface area contributed by atoms with Crippen LogP contribution in [0.4, 0.5) is 5.69 Å². The Morgan fingerprint density at radius 3 is 2.33 bits per heavy atom. The molecule has 0 fully saturated rings. The summed E-state index contributed by atoms with van der Waals surface area (Å²) in [6.45, 7) is -0.301. The minimum atomic E-state index is -1.08. The van der Waals surface area contributed by atoms with Gasteiger partial charge in [0.25, 0.3) is 0 Å². The van der Waals surface area contributed by atoms with Gasteiger partial charge < -0.3 is 15.5 Å². The van der Waals surface area contributed by atoms with Crippen LogP contribution in [-0.4, -0.2) is 58.3 Å². The Kier molecular flexibility index (Phi) is 6.00. The summed E-state index contributed by atoms with van der Waals surface area (Å²) in [5.41, 5.74) is 0.371. The smallest absolute Gasteiger partial charge is 0.337 e. The molecule has 0 amide bonds. The number of carboxylic acid groups (broad SMARTS) is 2. The second-order valence-electron chi connectivity index (χ2n) is 2.60. The van der Waals surface area contributed by atoms with E-state index in [1.54, 1.807) is 12.1 Å². The Morgan fingerprint density at radius 1 is 1.20 bits per heavy atom. The molecular formula is C9H9NNaO4. The second-order valence-corrected chi connectivity index (χ2v) is 2.60. The van der Waals surface area contributed by atoms with Gasteiger partial charge in [-0.05, 0) is 12.1 Å². The summed E-state index contributed by atoms with van der Waals surface area (Å²) in [5.74, 6) is -2.12. The van der Waals surface area contributed by atoms with E-state index in [4.69, 9.17) is 10.2 Å². The predicted octanol–water partition coefficient (Wildman–Crippen LogP) is 0.501. The molecule has 75 valence electrons. The van der Waals surface area contributed by atoms with Crippen molar-refractivity contribution in [2.45, 2.75) is 0 Å². The fraction of sp³-hybridized carbons (Fsp3) is 0.111. The van der Waals surface area contributed by atoms with Gasteiger partial charge in [0.15, 0.2) is 0 Å². The summed E-state index contributed by atoms with van der Waals surface area (Å²) >= 11 is 0. The van der Waals surface area contributed by atoms with Crippen LogP contribution in [-0.2, 0) is 4.79 Å². The number of nitrogens with one attached hydrogen (secondary N) is 1. The molecule has 0 atom stereocenters. The molecule has 0 heterocycles. The molecule has 0 unspecified atom stereocenters. The first kappa shape index (κ1) is 14.0. The monoisotopic (exact) mass is 218 g/mol. The van der Waals surface area contributed by atoms with Crippen molar-refractivity contribution in [3.05, 3.63) is 29.8 Å². The van der Waals surface area contributed by atoms with E-state index in [1.165, 1.54) is 12.1 Å². The van der Waals surface area contributed by atoms with Crippen LogP contribution in [0.5, 0.6) is 0 Å². The minimum absolute atomic E-state index is 0. The van der Waals surface area contributed by atoms with Crippen LogP contribution in [0.25, 0.3) is 0 Å². The summed E-state index contributed by atoms with van der Waals surface area (Å²) in [6, 6.07) is 6.14. The number of rotatable bonds is 4. The number of aliphatic carboxylic acids is 1. The van der Waals surface area contributed by atoms with Crippen LogP contribution < -0.4 is 5.32 Å². The van der Waals surface area contributed by atoms with Gasteiger partial charge in [-0.1, -0.05) is 12.1 Å². The molecule has 0 aliphatic rings. The average Bonchev–Trinajstić information content (AvgIpc) is 2.15. The van der Waals surface area contributed by atoms with Crippen LogP contribution in [0.1, 0.15) is 10.4 Å². The Morgan fingerprint density at radius 2 is 1.80 bits per heavy atom. The zero-order valence-electron chi connectivity index (χ0n) is 8.23. The summed E-state index contributed by atoms with van der Waals surface area (Å²) in [6.07, 6.45) is 0. The number of benzene rings is 1. The average molecular weight is 218 g/mol. The van der Waals surface area contributed by atoms with E-state index in [1.807, 2.05) is 0 Å². The SMILES string of the molecule is O=C(O)CNc1ccccc1C(=O)O.[Na]. The Hall–Kier alpha value is -1.04. The fourth-order valence-corrected chi connectivity index (χ4v) is 0.995. The molecule has 0 saturated heterocycles. The van der Waals surface area contributed by atoms with Gasteiger partial charge in [-0.15, -0.1) is 0 Å². The molecule has 1 radical (unpaired) electrons. The molecule has 1 aromatic rings. The van der Waals surface area contributed by atoms with E-state index in [2.05, 4.69) is 5.32 Å². The third kappa shape index (κ3) is 4.33. The molecule has 0 aliphatic heterocycles. The van der Waals surface area contributed by atoms with Crippen molar-refractivity contribution in [2.75, 3.05) is 11.9 Å². The largest absolute Gasteiger partial charge is 0.480 e. The van der Waals surface area contributed by atoms with Crippen molar-refractivity contribution in [2.24, 2.45) is 0 Å². The third-order valence-electron chi connectivity index (χ3n) is 1.59. The molecule has 1 aromatic carbocycles. The van der Waals surface area contributed by atoms with Gasteiger partial charge in [0.1, 0.15) is 6.54 Å². The maximum Gasteiger partial charge on any atom is 0.337 e. The molecule has 6 heteroatoms. The summed E-state index contributed by atoms with van der Waals surface area (Å²) in [5, 5.41) is 19.7. The van der Waals surface area contributed by atoms with E-state index >= 15 is 0 Å². The summed E-state index contributed by atoms with van der Waals surface area (Å²) in [7, 11) is 0. The van der Waals surface area contributed by atoms with Crippen LogP contribution in [0.3, 0.4) is 0 Å². The number of anilines is 1. The zero-order chi connectivity index (χ0) is 10.6. The summed E-state index contributed by atoms with van der Waals surface area (Å²) in [4.78, 5) is 20.9. The van der Waals surface area contributed by atoms with Crippen molar-refractivity contribution >= 4 is 47.2 Å². The van der Waals surface area contributed by atoms with E-state index in [-0.39, 0.29) is 41.7 Å². The van der Waals surface area contributed by atoms with Gasteiger partial charge in [-0.25, -0.2) is 4.79 Å². The van der Waals surface area contributed by atoms with E-state index in [0.29, 0.717) is 5.69 Å². The van der Waals surface area contributed by atoms with Gasteiger partial charge >= 0.3 is 11.9 Å².